The second kappa shape index (κ2) is 5.14. The Balaban J connectivity index is 2.17. The van der Waals surface area contributed by atoms with Gasteiger partial charge < -0.3 is 14.6 Å². The maximum absolute atomic E-state index is 13.1. The highest BCUT2D eigenvalue weighted by atomic mass is 19.1. The molecule has 2 rings (SSSR count). The number of benzene rings is 1. The van der Waals surface area contributed by atoms with E-state index in [2.05, 4.69) is 0 Å². The first-order valence-electron chi connectivity index (χ1n) is 5.44. The van der Waals surface area contributed by atoms with Crippen molar-refractivity contribution in [2.45, 2.75) is 18.9 Å². The summed E-state index contributed by atoms with van der Waals surface area (Å²) in [5, 5.41) is 8.95. The van der Waals surface area contributed by atoms with E-state index in [1.165, 1.54) is 6.07 Å². The second-order valence-electron chi connectivity index (χ2n) is 3.90. The van der Waals surface area contributed by atoms with Crippen molar-refractivity contribution in [1.29, 1.82) is 0 Å². The normalized spacial score (nSPS) is 19.9. The Morgan fingerprint density at radius 1 is 1.53 bits per heavy atom. The molecule has 0 spiro atoms. The van der Waals surface area contributed by atoms with Crippen LogP contribution in [-0.4, -0.2) is 30.4 Å². The molecule has 1 saturated heterocycles. The summed E-state index contributed by atoms with van der Waals surface area (Å²) in [4.78, 5) is 10.9. The first-order chi connectivity index (χ1) is 8.16. The number of carboxylic acid groups (broad SMARTS) is 1. The van der Waals surface area contributed by atoms with E-state index in [9.17, 15) is 9.18 Å². The smallest absolute Gasteiger partial charge is 0.339 e. The van der Waals surface area contributed by atoms with Crippen LogP contribution in [0.4, 0.5) is 4.39 Å². The fraction of sp³-hybridized carbons (Fsp3) is 0.417. The number of carboxylic acids is 1. The van der Waals surface area contributed by atoms with Crippen LogP contribution in [-0.2, 0) is 4.74 Å². The van der Waals surface area contributed by atoms with E-state index in [4.69, 9.17) is 14.6 Å². The Hall–Kier alpha value is -1.62. The summed E-state index contributed by atoms with van der Waals surface area (Å²) in [5.41, 5.74) is -0.0306. The van der Waals surface area contributed by atoms with E-state index >= 15 is 0 Å². The van der Waals surface area contributed by atoms with Gasteiger partial charge in [0.15, 0.2) is 0 Å². The van der Waals surface area contributed by atoms with Gasteiger partial charge in [0.2, 0.25) is 0 Å². The summed E-state index contributed by atoms with van der Waals surface area (Å²) in [7, 11) is 0. The number of halogens is 1. The Morgan fingerprint density at radius 3 is 3.00 bits per heavy atom. The number of carbonyl (C=O) groups is 1. The van der Waals surface area contributed by atoms with E-state index in [0.717, 1.165) is 25.0 Å². The molecule has 1 atom stereocenters. The topological polar surface area (TPSA) is 55.8 Å². The summed E-state index contributed by atoms with van der Waals surface area (Å²) in [6.45, 7) is 1.10. The third-order valence-corrected chi connectivity index (χ3v) is 2.59. The van der Waals surface area contributed by atoms with Crippen molar-refractivity contribution in [3.8, 4) is 5.75 Å². The fourth-order valence-corrected chi connectivity index (χ4v) is 1.75. The quantitative estimate of drug-likeness (QED) is 0.878. The minimum absolute atomic E-state index is 0.0306. The molecule has 0 aliphatic carbocycles. The Kier molecular flexibility index (Phi) is 3.58. The van der Waals surface area contributed by atoms with Crippen LogP contribution in [0.5, 0.6) is 5.75 Å². The molecule has 1 heterocycles. The minimum Gasteiger partial charge on any atom is -0.487 e. The molecule has 4 nitrogen and oxygen atoms in total. The van der Waals surface area contributed by atoms with Gasteiger partial charge in [-0.3, -0.25) is 0 Å². The zero-order valence-corrected chi connectivity index (χ0v) is 9.19. The van der Waals surface area contributed by atoms with Gasteiger partial charge in [0, 0.05) is 12.7 Å². The van der Waals surface area contributed by atoms with Crippen molar-refractivity contribution in [2.75, 3.05) is 13.2 Å². The molecule has 1 aromatic rings. The van der Waals surface area contributed by atoms with Gasteiger partial charge >= 0.3 is 5.97 Å². The molecule has 0 saturated carbocycles. The van der Waals surface area contributed by atoms with E-state index in [0.29, 0.717) is 13.2 Å². The molecule has 0 aromatic heterocycles. The van der Waals surface area contributed by atoms with E-state index in [1.54, 1.807) is 0 Å². The van der Waals surface area contributed by atoms with Gasteiger partial charge in [-0.15, -0.1) is 0 Å². The van der Waals surface area contributed by atoms with Crippen molar-refractivity contribution < 1.29 is 23.8 Å². The van der Waals surface area contributed by atoms with Crippen molar-refractivity contribution in [2.24, 2.45) is 0 Å². The monoisotopic (exact) mass is 240 g/mol. The Morgan fingerprint density at radius 2 is 2.35 bits per heavy atom. The van der Waals surface area contributed by atoms with Crippen LogP contribution in [0.3, 0.4) is 0 Å². The SMILES string of the molecule is O=C(O)c1ccc(F)cc1OC1CCCOC1. The summed E-state index contributed by atoms with van der Waals surface area (Å²) in [6, 6.07) is 3.41. The third kappa shape index (κ3) is 2.94. The molecular weight excluding hydrogens is 227 g/mol. The van der Waals surface area contributed by atoms with Crippen molar-refractivity contribution in [1.82, 2.24) is 0 Å². The molecule has 0 bridgehead atoms. The van der Waals surface area contributed by atoms with Crippen LogP contribution in [0.15, 0.2) is 18.2 Å². The number of rotatable bonds is 3. The van der Waals surface area contributed by atoms with Crippen LogP contribution < -0.4 is 4.74 Å². The number of aromatic carboxylic acids is 1. The molecule has 92 valence electrons. The van der Waals surface area contributed by atoms with Gasteiger partial charge in [-0.1, -0.05) is 0 Å². The highest BCUT2D eigenvalue weighted by Gasteiger charge is 2.19. The molecular formula is C12H13FO4. The summed E-state index contributed by atoms with van der Waals surface area (Å²) in [5.74, 6) is -1.58. The second-order valence-corrected chi connectivity index (χ2v) is 3.90. The molecule has 1 N–H and O–H groups in total. The van der Waals surface area contributed by atoms with Gasteiger partial charge in [0.05, 0.1) is 6.61 Å². The van der Waals surface area contributed by atoms with Crippen molar-refractivity contribution >= 4 is 5.97 Å². The first kappa shape index (κ1) is 11.9. The molecule has 1 aliphatic heterocycles. The minimum atomic E-state index is -1.13. The van der Waals surface area contributed by atoms with Crippen LogP contribution in [0.25, 0.3) is 0 Å². The maximum Gasteiger partial charge on any atom is 0.339 e. The predicted octanol–water partition coefficient (Wildman–Crippen LogP) is 2.08. The lowest BCUT2D eigenvalue weighted by Crippen LogP contribution is -2.28. The largest absolute Gasteiger partial charge is 0.487 e. The van der Waals surface area contributed by atoms with Gasteiger partial charge in [-0.05, 0) is 25.0 Å². The zero-order chi connectivity index (χ0) is 12.3. The lowest BCUT2D eigenvalue weighted by Gasteiger charge is -2.23. The molecule has 1 fully saturated rings. The number of ether oxygens (including phenoxy) is 2. The van der Waals surface area contributed by atoms with Gasteiger partial charge in [0.1, 0.15) is 23.2 Å². The molecule has 0 radical (unpaired) electrons. The summed E-state index contributed by atoms with van der Waals surface area (Å²) >= 11 is 0. The summed E-state index contributed by atoms with van der Waals surface area (Å²) < 4.78 is 23.8. The number of hydrogen-bond acceptors (Lipinski definition) is 3. The average Bonchev–Trinajstić information content (AvgIpc) is 2.30. The lowest BCUT2D eigenvalue weighted by atomic mass is 10.1. The highest BCUT2D eigenvalue weighted by molar-refractivity contribution is 5.90. The Bertz CT molecular complexity index is 413. The lowest BCUT2D eigenvalue weighted by molar-refractivity contribution is 0.00667. The Labute approximate surface area is 98.0 Å². The molecule has 0 amide bonds. The van der Waals surface area contributed by atoms with E-state index in [-0.39, 0.29) is 17.4 Å². The van der Waals surface area contributed by atoms with E-state index < -0.39 is 11.8 Å². The molecule has 17 heavy (non-hydrogen) atoms. The van der Waals surface area contributed by atoms with Crippen LogP contribution in [0.2, 0.25) is 0 Å². The van der Waals surface area contributed by atoms with Gasteiger partial charge in [-0.25, -0.2) is 9.18 Å². The average molecular weight is 240 g/mol. The van der Waals surface area contributed by atoms with Gasteiger partial charge in [0.25, 0.3) is 0 Å². The summed E-state index contributed by atoms with van der Waals surface area (Å²) in [6.07, 6.45) is 1.45. The third-order valence-electron chi connectivity index (χ3n) is 2.59. The zero-order valence-electron chi connectivity index (χ0n) is 9.19. The van der Waals surface area contributed by atoms with Crippen LogP contribution >= 0.6 is 0 Å². The van der Waals surface area contributed by atoms with Crippen LogP contribution in [0.1, 0.15) is 23.2 Å². The maximum atomic E-state index is 13.1. The fourth-order valence-electron chi connectivity index (χ4n) is 1.75. The van der Waals surface area contributed by atoms with Gasteiger partial charge in [-0.2, -0.15) is 0 Å². The van der Waals surface area contributed by atoms with Crippen molar-refractivity contribution in [3.05, 3.63) is 29.6 Å². The van der Waals surface area contributed by atoms with Crippen LogP contribution in [0, 0.1) is 5.82 Å². The molecule has 1 aliphatic rings. The molecule has 5 heteroatoms. The van der Waals surface area contributed by atoms with Crippen molar-refractivity contribution in [3.63, 3.8) is 0 Å². The first-order valence-corrected chi connectivity index (χ1v) is 5.44. The molecule has 1 aromatic carbocycles. The standard InChI is InChI=1S/C12H13FO4/c13-8-3-4-10(12(14)15)11(6-8)17-9-2-1-5-16-7-9/h3-4,6,9H,1-2,5,7H2,(H,14,15). The highest BCUT2D eigenvalue weighted by Crippen LogP contribution is 2.23. The predicted molar refractivity (Wildman–Crippen MR) is 57.8 cm³/mol. The number of hydrogen-bond donors (Lipinski definition) is 1. The van der Waals surface area contributed by atoms with E-state index in [1.807, 2.05) is 0 Å². The molecule has 1 unspecified atom stereocenters.